The molecule has 3 aliphatic rings. The minimum Gasteiger partial charge on any atom is -0.497 e. The molecule has 2 aliphatic heterocycles. The summed E-state index contributed by atoms with van der Waals surface area (Å²) in [4.78, 5) is 19.5. The van der Waals surface area contributed by atoms with E-state index in [9.17, 15) is 4.79 Å². The molecule has 10 nitrogen and oxygen atoms in total. The Bertz CT molecular complexity index is 1310. The van der Waals surface area contributed by atoms with Crippen molar-refractivity contribution in [3.63, 3.8) is 0 Å². The normalized spacial score (nSPS) is 25.5. The number of nitrogens with one attached hydrogen (secondary N) is 1. The summed E-state index contributed by atoms with van der Waals surface area (Å²) < 4.78 is 36.7. The summed E-state index contributed by atoms with van der Waals surface area (Å²) in [6, 6.07) is 15.8. The van der Waals surface area contributed by atoms with Gasteiger partial charge in [-0.2, -0.15) is 0 Å². The number of aliphatic imine (C=N–C) groups is 1. The maximum atomic E-state index is 13.0. The van der Waals surface area contributed by atoms with Crippen LogP contribution in [0.3, 0.4) is 0 Å². The first-order chi connectivity index (χ1) is 22.0. The molecule has 2 aromatic carbocycles. The van der Waals surface area contributed by atoms with Crippen LogP contribution in [0.15, 0.2) is 53.5 Å². The van der Waals surface area contributed by atoms with E-state index < -0.39 is 29.9 Å². The number of nitrogens with zero attached hydrogens (tertiary/aromatic N) is 2. The van der Waals surface area contributed by atoms with Crippen molar-refractivity contribution in [2.45, 2.75) is 114 Å². The van der Waals surface area contributed by atoms with Gasteiger partial charge in [0.1, 0.15) is 46.9 Å². The quantitative estimate of drug-likeness (QED) is 0.305. The second kappa shape index (κ2) is 15.4. The van der Waals surface area contributed by atoms with Gasteiger partial charge in [-0.05, 0) is 75.9 Å². The molecule has 1 N–H and O–H groups in total. The molecule has 5 rings (SSSR count). The maximum absolute atomic E-state index is 13.0. The van der Waals surface area contributed by atoms with Crippen LogP contribution in [0.2, 0.25) is 0 Å². The van der Waals surface area contributed by atoms with Crippen molar-refractivity contribution >= 4 is 23.0 Å². The molecule has 6 atom stereocenters. The van der Waals surface area contributed by atoms with Crippen molar-refractivity contribution in [3.8, 4) is 11.5 Å². The Balaban J connectivity index is 1.43. The van der Waals surface area contributed by atoms with Gasteiger partial charge >= 0.3 is 6.09 Å². The number of benzene rings is 2. The maximum Gasteiger partial charge on any atom is 0.416 e. The highest BCUT2D eigenvalue weighted by molar-refractivity contribution is 8.14. The molecular weight excluding hydrogens is 606 g/mol. The summed E-state index contributed by atoms with van der Waals surface area (Å²) in [7, 11) is 4.99. The van der Waals surface area contributed by atoms with Gasteiger partial charge in [0.15, 0.2) is 5.17 Å². The van der Waals surface area contributed by atoms with Crippen LogP contribution < -0.4 is 14.8 Å². The minimum atomic E-state index is -0.630. The van der Waals surface area contributed by atoms with E-state index in [1.807, 2.05) is 69.3 Å². The van der Waals surface area contributed by atoms with Crippen LogP contribution in [-0.2, 0) is 32.2 Å². The lowest BCUT2D eigenvalue weighted by Gasteiger charge is -2.45. The highest BCUT2D eigenvalue weighted by Gasteiger charge is 2.53. The molecule has 0 aromatic heterocycles. The molecule has 2 heterocycles. The third kappa shape index (κ3) is 8.74. The van der Waals surface area contributed by atoms with Gasteiger partial charge in [0, 0.05) is 19.1 Å². The van der Waals surface area contributed by atoms with E-state index in [1.54, 1.807) is 21.3 Å². The van der Waals surface area contributed by atoms with Crippen molar-refractivity contribution in [1.82, 2.24) is 10.2 Å². The molecule has 0 unspecified atom stereocenters. The summed E-state index contributed by atoms with van der Waals surface area (Å²) >= 11 is 1.43. The van der Waals surface area contributed by atoms with Gasteiger partial charge in [0.05, 0.1) is 27.4 Å². The molecule has 2 aromatic rings. The molecule has 11 heteroatoms. The van der Waals surface area contributed by atoms with Crippen molar-refractivity contribution < 1.29 is 33.2 Å². The predicted octanol–water partition coefficient (Wildman–Crippen LogP) is 6.16. The van der Waals surface area contributed by atoms with Crippen molar-refractivity contribution in [3.05, 3.63) is 59.7 Å². The molecular formula is C35H49N3O7S. The fourth-order valence-corrected chi connectivity index (χ4v) is 7.25. The molecule has 0 spiro atoms. The van der Waals surface area contributed by atoms with Gasteiger partial charge in [-0.15, -0.1) is 0 Å². The zero-order valence-electron chi connectivity index (χ0n) is 28.1. The largest absolute Gasteiger partial charge is 0.497 e. The smallest absolute Gasteiger partial charge is 0.416 e. The highest BCUT2D eigenvalue weighted by atomic mass is 32.2. The van der Waals surface area contributed by atoms with Crippen molar-refractivity contribution in [1.29, 1.82) is 0 Å². The fourth-order valence-electron chi connectivity index (χ4n) is 6.09. The third-order valence-electron chi connectivity index (χ3n) is 8.54. The van der Waals surface area contributed by atoms with E-state index in [0.29, 0.717) is 24.4 Å². The number of amidine groups is 1. The lowest BCUT2D eigenvalue weighted by Crippen LogP contribution is -2.62. The van der Waals surface area contributed by atoms with Crippen LogP contribution >= 0.6 is 11.8 Å². The Kier molecular flexibility index (Phi) is 11.5. The van der Waals surface area contributed by atoms with E-state index in [2.05, 4.69) is 12.2 Å². The zero-order valence-corrected chi connectivity index (χ0v) is 28.9. The van der Waals surface area contributed by atoms with Crippen LogP contribution in [0, 0.1) is 0 Å². The standard InChI is InChI=1S/C35H49N3O7S/c1-22(36-25-10-8-9-11-25)29-31(43-21-24-14-18-27(41-7)19-15-24)30(42-20-23-12-16-26(40-6)17-13-23)28-32(44-29)46-33(37-28)38(5)34(39)45-35(2,3)4/h12-19,22,25,28-32,36H,8-11,20-21H2,1-7H3/t22-,28+,29+,30+,31+,32+/m0/s1. The monoisotopic (exact) mass is 655 g/mol. The van der Waals surface area contributed by atoms with E-state index in [-0.39, 0.29) is 17.6 Å². The third-order valence-corrected chi connectivity index (χ3v) is 9.75. The summed E-state index contributed by atoms with van der Waals surface area (Å²) in [5.41, 5.74) is 1.03. The Morgan fingerprint density at radius 3 is 2.02 bits per heavy atom. The van der Waals surface area contributed by atoms with Crippen LogP contribution in [0.4, 0.5) is 4.79 Å². The Morgan fingerprint density at radius 2 is 1.50 bits per heavy atom. The molecule has 46 heavy (non-hydrogen) atoms. The molecule has 1 amide bonds. The number of thioether (sulfide) groups is 1. The Hall–Kier alpha value is -2.83. The second-order valence-electron chi connectivity index (χ2n) is 13.2. The lowest BCUT2D eigenvalue weighted by atomic mass is 9.93. The van der Waals surface area contributed by atoms with E-state index in [0.717, 1.165) is 35.5 Å². The van der Waals surface area contributed by atoms with Crippen LogP contribution in [0.1, 0.15) is 64.5 Å². The number of hydrogen-bond donors (Lipinski definition) is 1. The minimum absolute atomic E-state index is 0.00904. The number of carbonyl (C=O) groups excluding carboxylic acids is 1. The van der Waals surface area contributed by atoms with E-state index in [1.165, 1.54) is 29.5 Å². The Labute approximate surface area is 277 Å². The first-order valence-corrected chi connectivity index (χ1v) is 17.0. The topological polar surface area (TPSA) is 100 Å². The number of carbonyl (C=O) groups is 1. The van der Waals surface area contributed by atoms with Gasteiger partial charge in [0.25, 0.3) is 0 Å². The number of ether oxygens (including phenoxy) is 6. The van der Waals surface area contributed by atoms with Gasteiger partial charge in [-0.25, -0.2) is 4.79 Å². The molecule has 0 radical (unpaired) electrons. The Morgan fingerprint density at radius 1 is 0.957 bits per heavy atom. The van der Waals surface area contributed by atoms with Crippen LogP contribution in [-0.4, -0.2) is 84.9 Å². The van der Waals surface area contributed by atoms with Crippen molar-refractivity contribution in [2.24, 2.45) is 4.99 Å². The van der Waals surface area contributed by atoms with Crippen LogP contribution in [0.25, 0.3) is 0 Å². The fraction of sp³-hybridized carbons (Fsp3) is 0.600. The van der Waals surface area contributed by atoms with Gasteiger partial charge in [-0.3, -0.25) is 9.89 Å². The van der Waals surface area contributed by atoms with E-state index >= 15 is 0 Å². The first-order valence-electron chi connectivity index (χ1n) is 16.2. The summed E-state index contributed by atoms with van der Waals surface area (Å²) in [5, 5.41) is 4.37. The first kappa shape index (κ1) is 34.5. The van der Waals surface area contributed by atoms with Gasteiger partial charge in [0.2, 0.25) is 0 Å². The molecule has 252 valence electrons. The molecule has 0 bridgehead atoms. The number of amides is 1. The molecule has 1 aliphatic carbocycles. The number of methoxy groups -OCH3 is 2. The van der Waals surface area contributed by atoms with E-state index in [4.69, 9.17) is 33.4 Å². The summed E-state index contributed by atoms with van der Waals surface area (Å²) in [5.74, 6) is 1.58. The molecule has 1 saturated heterocycles. The average Bonchev–Trinajstić information content (AvgIpc) is 3.72. The SMILES string of the molecule is COc1ccc(CO[C@H]2[C@H](OCc3ccc(OC)cc3)[C@H]3N=C(N(C)C(=O)OC(C)(C)C)S[C@H]3O[C@@H]2[C@H](C)NC2CCCC2)cc1. The van der Waals surface area contributed by atoms with Crippen LogP contribution in [0.5, 0.6) is 11.5 Å². The molecule has 2 fully saturated rings. The molecule has 1 saturated carbocycles. The summed E-state index contributed by atoms with van der Waals surface area (Å²) in [6.45, 7) is 8.44. The van der Waals surface area contributed by atoms with Crippen molar-refractivity contribution in [2.75, 3.05) is 21.3 Å². The highest BCUT2D eigenvalue weighted by Crippen LogP contribution is 2.41. The number of hydrogen-bond acceptors (Lipinski definition) is 10. The summed E-state index contributed by atoms with van der Waals surface area (Å²) in [6.07, 6.45) is 3.09. The lowest BCUT2D eigenvalue weighted by molar-refractivity contribution is -0.204. The zero-order chi connectivity index (χ0) is 32.8. The average molecular weight is 656 g/mol. The second-order valence-corrected chi connectivity index (χ2v) is 14.3. The number of rotatable bonds is 11. The van der Waals surface area contributed by atoms with Gasteiger partial charge in [-0.1, -0.05) is 48.9 Å². The predicted molar refractivity (Wildman–Crippen MR) is 179 cm³/mol. The number of fused-ring (bicyclic) bond motifs is 1. The van der Waals surface area contributed by atoms with Gasteiger partial charge < -0.3 is 33.7 Å².